The van der Waals surface area contributed by atoms with Crippen LogP contribution in [0.4, 0.5) is 16.2 Å². The van der Waals surface area contributed by atoms with E-state index in [-0.39, 0.29) is 36.5 Å². The third-order valence-corrected chi connectivity index (χ3v) is 3.84. The molecule has 142 valence electrons. The molecule has 2 rings (SSSR count). The van der Waals surface area contributed by atoms with Crippen LogP contribution in [0.15, 0.2) is 48.5 Å². The molecule has 6 N–H and O–H groups in total. The molecule has 0 heterocycles. The number of carbonyl (C=O) groups excluding carboxylic acids is 2. The number of carboxylic acids is 1. The number of nitrogen functional groups attached to an aromatic ring is 2. The smallest absolute Gasteiger partial charge is 0.408 e. The molecule has 0 radical (unpaired) electrons. The van der Waals surface area contributed by atoms with Gasteiger partial charge in [-0.2, -0.15) is 0 Å². The lowest BCUT2D eigenvalue weighted by atomic mass is 10.0. The summed E-state index contributed by atoms with van der Waals surface area (Å²) >= 11 is 0. The van der Waals surface area contributed by atoms with Crippen LogP contribution in [0.5, 0.6) is 0 Å². The number of nitrogens with one attached hydrogen (secondary N) is 1. The van der Waals surface area contributed by atoms with Crippen molar-refractivity contribution in [2.24, 2.45) is 0 Å². The molecule has 2 aromatic carbocycles. The maximum atomic E-state index is 12.2. The lowest BCUT2D eigenvalue weighted by molar-refractivity contribution is -0.139. The van der Waals surface area contributed by atoms with Crippen molar-refractivity contribution in [1.82, 2.24) is 5.32 Å². The van der Waals surface area contributed by atoms with Gasteiger partial charge in [-0.25, -0.2) is 9.59 Å². The van der Waals surface area contributed by atoms with Gasteiger partial charge in [-0.15, -0.1) is 0 Å². The molecule has 0 aromatic heterocycles. The predicted octanol–water partition coefficient (Wildman–Crippen LogP) is 2.19. The average Bonchev–Trinajstić information content (AvgIpc) is 2.63. The quantitative estimate of drug-likeness (QED) is 0.411. The second-order valence-corrected chi connectivity index (χ2v) is 5.91. The minimum absolute atomic E-state index is 0.0138. The molecule has 8 nitrogen and oxygen atoms in total. The number of Topliss-reactive ketones (excluding diaryl/α,β-unsaturated/α-hetero) is 1. The summed E-state index contributed by atoms with van der Waals surface area (Å²) in [6.07, 6.45) is -1.08. The second kappa shape index (κ2) is 9.23. The molecule has 1 unspecified atom stereocenters. The van der Waals surface area contributed by atoms with Crippen LogP contribution < -0.4 is 16.8 Å². The number of ether oxygens (including phenoxy) is 1. The molecule has 8 heteroatoms. The van der Waals surface area contributed by atoms with E-state index in [0.717, 1.165) is 5.56 Å². The molecule has 0 aliphatic carbocycles. The Morgan fingerprint density at radius 2 is 1.78 bits per heavy atom. The number of carboxylic acid groups (broad SMARTS) is 1. The Morgan fingerprint density at radius 3 is 2.41 bits per heavy atom. The number of ketones is 1. The predicted molar refractivity (Wildman–Crippen MR) is 100 cm³/mol. The second-order valence-electron chi connectivity index (χ2n) is 5.91. The summed E-state index contributed by atoms with van der Waals surface area (Å²) in [5, 5.41) is 11.5. The van der Waals surface area contributed by atoms with Crippen LogP contribution in [0.1, 0.15) is 28.8 Å². The first kappa shape index (κ1) is 19.8. The van der Waals surface area contributed by atoms with Gasteiger partial charge in [0.1, 0.15) is 12.6 Å². The van der Waals surface area contributed by atoms with Crippen LogP contribution >= 0.6 is 0 Å². The standard InChI is InChI=1S/C19H21N3O5/c20-13-6-7-14(15(21)10-13)17(23)9-8-16(18(24)25)22-19(26)27-11-12-4-2-1-3-5-12/h1-7,10,16H,8-9,11,20-21H2,(H,22,26)(H,24,25). The van der Waals surface area contributed by atoms with E-state index in [1.54, 1.807) is 24.3 Å². The molecule has 27 heavy (non-hydrogen) atoms. The molecule has 0 saturated heterocycles. The highest BCUT2D eigenvalue weighted by atomic mass is 16.5. The van der Waals surface area contributed by atoms with E-state index in [2.05, 4.69) is 5.32 Å². The van der Waals surface area contributed by atoms with Gasteiger partial charge in [-0.05, 0) is 30.2 Å². The van der Waals surface area contributed by atoms with Crippen LogP contribution in [-0.4, -0.2) is 29.0 Å². The fourth-order valence-electron chi connectivity index (χ4n) is 2.41. The molecular weight excluding hydrogens is 350 g/mol. The van der Waals surface area contributed by atoms with Crippen molar-refractivity contribution in [1.29, 1.82) is 0 Å². The lowest BCUT2D eigenvalue weighted by Crippen LogP contribution is -2.41. The van der Waals surface area contributed by atoms with Crippen LogP contribution in [0.3, 0.4) is 0 Å². The summed E-state index contributed by atoms with van der Waals surface area (Å²) in [6.45, 7) is 0.0138. The van der Waals surface area contributed by atoms with E-state index in [0.29, 0.717) is 5.69 Å². The minimum Gasteiger partial charge on any atom is -0.480 e. The van der Waals surface area contributed by atoms with Gasteiger partial charge < -0.3 is 26.6 Å². The summed E-state index contributed by atoms with van der Waals surface area (Å²) in [5.41, 5.74) is 13.0. The summed E-state index contributed by atoms with van der Waals surface area (Å²) in [6, 6.07) is 12.2. The molecule has 1 atom stereocenters. The maximum Gasteiger partial charge on any atom is 0.408 e. The summed E-state index contributed by atoms with van der Waals surface area (Å²) < 4.78 is 5.00. The van der Waals surface area contributed by atoms with E-state index in [1.165, 1.54) is 18.2 Å². The molecule has 2 aromatic rings. The first-order valence-corrected chi connectivity index (χ1v) is 8.25. The van der Waals surface area contributed by atoms with Crippen molar-refractivity contribution in [3.05, 3.63) is 59.7 Å². The molecule has 0 bridgehead atoms. The minimum atomic E-state index is -1.26. The number of aliphatic carboxylic acids is 1. The van der Waals surface area contributed by atoms with Crippen LogP contribution in [0.25, 0.3) is 0 Å². The van der Waals surface area contributed by atoms with Gasteiger partial charge in [0.25, 0.3) is 0 Å². The van der Waals surface area contributed by atoms with E-state index >= 15 is 0 Å². The number of carbonyl (C=O) groups is 3. The highest BCUT2D eigenvalue weighted by Gasteiger charge is 2.22. The Balaban J connectivity index is 1.88. The number of hydrogen-bond donors (Lipinski definition) is 4. The number of alkyl carbamates (subject to hydrolysis) is 1. The first-order valence-electron chi connectivity index (χ1n) is 8.25. The van der Waals surface area contributed by atoms with Gasteiger partial charge >= 0.3 is 12.1 Å². The highest BCUT2D eigenvalue weighted by molar-refractivity contribution is 6.01. The summed E-state index contributed by atoms with van der Waals surface area (Å²) in [7, 11) is 0. The fraction of sp³-hybridized carbons (Fsp3) is 0.211. The number of rotatable bonds is 8. The molecule has 1 amide bonds. The Labute approximate surface area is 156 Å². The van der Waals surface area contributed by atoms with Crippen molar-refractivity contribution < 1.29 is 24.2 Å². The van der Waals surface area contributed by atoms with Gasteiger partial charge in [0.15, 0.2) is 5.78 Å². The molecule has 0 fully saturated rings. The highest BCUT2D eigenvalue weighted by Crippen LogP contribution is 2.18. The van der Waals surface area contributed by atoms with E-state index in [4.69, 9.17) is 16.2 Å². The fourth-order valence-corrected chi connectivity index (χ4v) is 2.41. The maximum absolute atomic E-state index is 12.2. The molecule has 0 saturated carbocycles. The van der Waals surface area contributed by atoms with Crippen molar-refractivity contribution in [2.45, 2.75) is 25.5 Å². The Kier molecular flexibility index (Phi) is 6.76. The number of nitrogens with two attached hydrogens (primary N) is 2. The SMILES string of the molecule is Nc1ccc(C(=O)CCC(NC(=O)OCc2ccccc2)C(=O)O)c(N)c1. The third kappa shape index (κ3) is 6.03. The van der Waals surface area contributed by atoms with E-state index in [1.807, 2.05) is 6.07 Å². The summed E-state index contributed by atoms with van der Waals surface area (Å²) in [5.74, 6) is -1.59. The first-order chi connectivity index (χ1) is 12.9. The zero-order valence-corrected chi connectivity index (χ0v) is 14.6. The Hall–Kier alpha value is -3.55. The third-order valence-electron chi connectivity index (χ3n) is 3.84. The van der Waals surface area contributed by atoms with Gasteiger partial charge in [0.2, 0.25) is 0 Å². The molecule has 0 aliphatic heterocycles. The topological polar surface area (TPSA) is 145 Å². The number of benzene rings is 2. The molecule has 0 aliphatic rings. The van der Waals surface area contributed by atoms with Crippen LogP contribution in [0, 0.1) is 0 Å². The van der Waals surface area contributed by atoms with Gasteiger partial charge in [-0.3, -0.25) is 4.79 Å². The van der Waals surface area contributed by atoms with Gasteiger partial charge in [0.05, 0.1) is 0 Å². The largest absolute Gasteiger partial charge is 0.480 e. The Bertz CT molecular complexity index is 823. The van der Waals surface area contributed by atoms with Gasteiger partial charge in [-0.1, -0.05) is 30.3 Å². The van der Waals surface area contributed by atoms with Crippen LogP contribution in [0.2, 0.25) is 0 Å². The van der Waals surface area contributed by atoms with E-state index in [9.17, 15) is 19.5 Å². The number of hydrogen-bond acceptors (Lipinski definition) is 6. The number of anilines is 2. The molecule has 0 spiro atoms. The summed E-state index contributed by atoms with van der Waals surface area (Å²) in [4.78, 5) is 35.4. The lowest BCUT2D eigenvalue weighted by Gasteiger charge is -2.14. The zero-order chi connectivity index (χ0) is 19.8. The monoisotopic (exact) mass is 371 g/mol. The van der Waals surface area contributed by atoms with Gasteiger partial charge in [0, 0.05) is 23.4 Å². The normalized spacial score (nSPS) is 11.4. The van der Waals surface area contributed by atoms with Crippen molar-refractivity contribution >= 4 is 29.2 Å². The van der Waals surface area contributed by atoms with Crippen molar-refractivity contribution in [2.75, 3.05) is 11.5 Å². The van der Waals surface area contributed by atoms with Crippen LogP contribution in [-0.2, 0) is 16.1 Å². The van der Waals surface area contributed by atoms with Crippen molar-refractivity contribution in [3.63, 3.8) is 0 Å². The van der Waals surface area contributed by atoms with Crippen molar-refractivity contribution in [3.8, 4) is 0 Å². The zero-order valence-electron chi connectivity index (χ0n) is 14.6. The average molecular weight is 371 g/mol. The molecular formula is C19H21N3O5. The Morgan fingerprint density at radius 1 is 1.07 bits per heavy atom. The van der Waals surface area contributed by atoms with E-state index < -0.39 is 18.1 Å². The number of amides is 1.